The van der Waals surface area contributed by atoms with Crippen molar-refractivity contribution in [2.75, 3.05) is 11.9 Å². The fourth-order valence-corrected chi connectivity index (χ4v) is 4.38. The molecule has 1 fully saturated rings. The molecule has 1 aromatic heterocycles. The smallest absolute Gasteiger partial charge is 0.246 e. The number of benzene rings is 1. The number of nitrogens with zero attached hydrogens (tertiary/aromatic N) is 3. The highest BCUT2D eigenvalue weighted by atomic mass is 32.2. The second kappa shape index (κ2) is 12.1. The SMILES string of the molecule is C/C=C(F)\C=C(/C)CN1C(=O)C(c2ccc(NC(=O)[C@H](C)NC=O)cc2)SC1=Nc1cccnc1. The lowest BCUT2D eigenvalue weighted by Gasteiger charge is -2.17. The average molecular weight is 496 g/mol. The Kier molecular flexibility index (Phi) is 8.91. The van der Waals surface area contributed by atoms with Crippen LogP contribution in [0.4, 0.5) is 15.8 Å². The van der Waals surface area contributed by atoms with Gasteiger partial charge in [0.25, 0.3) is 0 Å². The Bertz CT molecular complexity index is 1170. The second-order valence-electron chi connectivity index (χ2n) is 7.81. The monoisotopic (exact) mass is 495 g/mol. The van der Waals surface area contributed by atoms with E-state index in [1.54, 1.807) is 74.5 Å². The Morgan fingerprint density at radius 2 is 2.06 bits per heavy atom. The van der Waals surface area contributed by atoms with Crippen LogP contribution in [0.2, 0.25) is 0 Å². The number of aromatic nitrogens is 1. The molecule has 3 rings (SSSR count). The van der Waals surface area contributed by atoms with Gasteiger partial charge in [-0.2, -0.15) is 0 Å². The number of allylic oxidation sites excluding steroid dienone is 3. The van der Waals surface area contributed by atoms with E-state index in [1.165, 1.54) is 23.9 Å². The average Bonchev–Trinajstić information content (AvgIpc) is 3.14. The predicted molar refractivity (Wildman–Crippen MR) is 136 cm³/mol. The number of hydrogen-bond donors (Lipinski definition) is 2. The van der Waals surface area contributed by atoms with Crippen LogP contribution in [0.15, 0.2) is 77.3 Å². The van der Waals surface area contributed by atoms with Gasteiger partial charge in [-0.25, -0.2) is 9.38 Å². The van der Waals surface area contributed by atoms with Gasteiger partial charge in [-0.3, -0.25) is 24.3 Å². The Labute approximate surface area is 207 Å². The van der Waals surface area contributed by atoms with Crippen LogP contribution >= 0.6 is 11.8 Å². The Morgan fingerprint density at radius 3 is 2.69 bits per heavy atom. The third kappa shape index (κ3) is 6.86. The standard InChI is InChI=1S/C25H26FN5O3S/c1-4-19(26)12-16(2)14-31-24(34)22(35-25(31)30-21-6-5-11-27-13-21)18-7-9-20(10-8-18)29-23(33)17(3)28-15-32/h4-13,15,17,22H,14H2,1-3H3,(H,28,32)(H,29,33)/b16-12+,19-4+,30-25?/t17-,22?/m0/s1. The molecule has 182 valence electrons. The number of amides is 3. The molecule has 3 amide bonds. The molecule has 2 heterocycles. The van der Waals surface area contributed by atoms with Gasteiger partial charge in [0.2, 0.25) is 18.2 Å². The zero-order valence-corrected chi connectivity index (χ0v) is 20.4. The first-order valence-corrected chi connectivity index (χ1v) is 11.8. The van der Waals surface area contributed by atoms with Gasteiger partial charge in [-0.1, -0.05) is 35.5 Å². The molecule has 1 unspecified atom stereocenters. The summed E-state index contributed by atoms with van der Waals surface area (Å²) in [6.45, 7) is 5.13. The number of rotatable bonds is 9. The highest BCUT2D eigenvalue weighted by molar-refractivity contribution is 8.15. The summed E-state index contributed by atoms with van der Waals surface area (Å²) in [6.07, 6.45) is 6.46. The van der Waals surface area contributed by atoms with Crippen LogP contribution in [0.1, 0.15) is 31.6 Å². The predicted octanol–water partition coefficient (Wildman–Crippen LogP) is 4.28. The number of hydrogen-bond acceptors (Lipinski definition) is 6. The van der Waals surface area contributed by atoms with Crippen LogP contribution in [0.3, 0.4) is 0 Å². The lowest BCUT2D eigenvalue weighted by molar-refractivity contribution is -0.126. The van der Waals surface area contributed by atoms with E-state index in [4.69, 9.17) is 0 Å². The molecule has 0 saturated carbocycles. The molecule has 0 radical (unpaired) electrons. The minimum atomic E-state index is -0.678. The number of carbonyl (C=O) groups is 3. The Hall–Kier alpha value is -3.79. The van der Waals surface area contributed by atoms with Gasteiger partial charge in [0.1, 0.15) is 17.1 Å². The van der Waals surface area contributed by atoms with Crippen LogP contribution in [-0.2, 0) is 14.4 Å². The number of thioether (sulfide) groups is 1. The topological polar surface area (TPSA) is 104 Å². The van der Waals surface area contributed by atoms with Crippen LogP contribution in [0.25, 0.3) is 0 Å². The summed E-state index contributed by atoms with van der Waals surface area (Å²) in [6, 6.07) is 9.78. The maximum Gasteiger partial charge on any atom is 0.246 e. The van der Waals surface area contributed by atoms with Crippen LogP contribution < -0.4 is 10.6 Å². The highest BCUT2D eigenvalue weighted by Crippen LogP contribution is 2.41. The number of amidine groups is 1. The summed E-state index contributed by atoms with van der Waals surface area (Å²) in [5, 5.41) is 5.05. The molecule has 2 atom stereocenters. The molecular weight excluding hydrogens is 469 g/mol. The van der Waals surface area contributed by atoms with Gasteiger partial charge in [-0.15, -0.1) is 0 Å². The van der Waals surface area contributed by atoms with Crippen molar-refractivity contribution in [3.8, 4) is 0 Å². The van der Waals surface area contributed by atoms with Gasteiger partial charge in [-0.05, 0) is 56.7 Å². The molecule has 0 bridgehead atoms. The number of aliphatic imine (C=N–C) groups is 1. The summed E-state index contributed by atoms with van der Waals surface area (Å²) >= 11 is 1.30. The first-order valence-electron chi connectivity index (χ1n) is 10.9. The quantitative estimate of drug-likeness (QED) is 0.399. The molecular formula is C25H26FN5O3S. The second-order valence-corrected chi connectivity index (χ2v) is 8.88. The minimum Gasteiger partial charge on any atom is -0.347 e. The van der Waals surface area contributed by atoms with E-state index < -0.39 is 11.3 Å². The van der Waals surface area contributed by atoms with Crippen molar-refractivity contribution in [1.82, 2.24) is 15.2 Å². The van der Waals surface area contributed by atoms with Crippen molar-refractivity contribution in [1.29, 1.82) is 0 Å². The number of anilines is 1. The summed E-state index contributed by atoms with van der Waals surface area (Å²) in [4.78, 5) is 46.2. The first-order chi connectivity index (χ1) is 16.8. The first kappa shape index (κ1) is 25.8. The molecule has 0 aliphatic carbocycles. The molecule has 2 N–H and O–H groups in total. The van der Waals surface area contributed by atoms with E-state index in [0.29, 0.717) is 28.5 Å². The van der Waals surface area contributed by atoms with Gasteiger partial charge >= 0.3 is 0 Å². The molecule has 8 nitrogen and oxygen atoms in total. The summed E-state index contributed by atoms with van der Waals surface area (Å²) in [5.74, 6) is -0.907. The molecule has 35 heavy (non-hydrogen) atoms. The normalized spacial score (nSPS) is 18.5. The van der Waals surface area contributed by atoms with Crippen LogP contribution in [0, 0.1) is 0 Å². The summed E-state index contributed by atoms with van der Waals surface area (Å²) < 4.78 is 13.7. The highest BCUT2D eigenvalue weighted by Gasteiger charge is 2.39. The number of carbonyl (C=O) groups excluding carboxylic acids is 3. The molecule has 1 saturated heterocycles. The molecule has 0 spiro atoms. The number of halogens is 1. The van der Waals surface area contributed by atoms with Crippen molar-refractivity contribution in [3.05, 3.63) is 77.9 Å². The van der Waals surface area contributed by atoms with Gasteiger partial charge < -0.3 is 10.6 Å². The summed E-state index contributed by atoms with van der Waals surface area (Å²) in [7, 11) is 0. The lowest BCUT2D eigenvalue weighted by atomic mass is 10.1. The fraction of sp³-hybridized carbons (Fsp3) is 0.240. The van der Waals surface area contributed by atoms with E-state index in [-0.39, 0.29) is 24.2 Å². The number of nitrogens with one attached hydrogen (secondary N) is 2. The molecule has 10 heteroatoms. The van der Waals surface area contributed by atoms with E-state index in [2.05, 4.69) is 20.6 Å². The van der Waals surface area contributed by atoms with Gasteiger partial charge in [0.15, 0.2) is 5.17 Å². The molecule has 2 aromatic rings. The van der Waals surface area contributed by atoms with Gasteiger partial charge in [0, 0.05) is 18.4 Å². The zero-order valence-electron chi connectivity index (χ0n) is 19.6. The maximum absolute atomic E-state index is 13.7. The summed E-state index contributed by atoms with van der Waals surface area (Å²) in [5.41, 5.74) is 2.55. The fourth-order valence-electron chi connectivity index (χ4n) is 3.21. The Balaban J connectivity index is 1.84. The van der Waals surface area contributed by atoms with Crippen molar-refractivity contribution in [2.24, 2.45) is 4.99 Å². The maximum atomic E-state index is 13.7. The van der Waals surface area contributed by atoms with E-state index in [9.17, 15) is 18.8 Å². The zero-order chi connectivity index (χ0) is 25.4. The largest absolute Gasteiger partial charge is 0.347 e. The molecule has 1 aliphatic rings. The molecule has 1 aromatic carbocycles. The van der Waals surface area contributed by atoms with E-state index >= 15 is 0 Å². The third-order valence-corrected chi connectivity index (χ3v) is 6.31. The molecule has 1 aliphatic heterocycles. The van der Waals surface area contributed by atoms with Crippen molar-refractivity contribution >= 4 is 46.5 Å². The van der Waals surface area contributed by atoms with Crippen molar-refractivity contribution < 1.29 is 18.8 Å². The van der Waals surface area contributed by atoms with E-state index in [0.717, 1.165) is 5.56 Å². The number of pyridine rings is 1. The third-order valence-electron chi connectivity index (χ3n) is 5.08. The van der Waals surface area contributed by atoms with Gasteiger partial charge in [0.05, 0.1) is 11.9 Å². The Morgan fingerprint density at radius 1 is 1.31 bits per heavy atom. The van der Waals surface area contributed by atoms with E-state index in [1.807, 2.05) is 0 Å². The van der Waals surface area contributed by atoms with Crippen molar-refractivity contribution in [3.63, 3.8) is 0 Å². The van der Waals surface area contributed by atoms with Crippen LogP contribution in [-0.4, -0.2) is 45.9 Å². The lowest BCUT2D eigenvalue weighted by Crippen LogP contribution is -2.37. The minimum absolute atomic E-state index is 0.174. The van der Waals surface area contributed by atoms with Crippen LogP contribution in [0.5, 0.6) is 0 Å². The van der Waals surface area contributed by atoms with Crippen molar-refractivity contribution in [2.45, 2.75) is 32.1 Å².